The topological polar surface area (TPSA) is 74.3 Å². The first-order valence-electron chi connectivity index (χ1n) is 7.74. The summed E-state index contributed by atoms with van der Waals surface area (Å²) in [6, 6.07) is 0. The van der Waals surface area contributed by atoms with Crippen molar-refractivity contribution in [2.75, 3.05) is 17.3 Å². The van der Waals surface area contributed by atoms with Gasteiger partial charge in [-0.15, -0.1) is 0 Å². The van der Waals surface area contributed by atoms with Crippen LogP contribution in [0.2, 0.25) is 0 Å². The normalized spacial score (nSPS) is 13.5. The highest BCUT2D eigenvalue weighted by Crippen LogP contribution is 2.11. The van der Waals surface area contributed by atoms with Gasteiger partial charge in [-0.3, -0.25) is 4.21 Å². The molecule has 0 aliphatic rings. The maximum absolute atomic E-state index is 11.5. The Labute approximate surface area is 126 Å². The van der Waals surface area contributed by atoms with Gasteiger partial charge in [-0.2, -0.15) is 0 Å². The van der Waals surface area contributed by atoms with Gasteiger partial charge in [0.2, 0.25) is 0 Å². The minimum absolute atomic E-state index is 0.126. The van der Waals surface area contributed by atoms with Crippen molar-refractivity contribution in [1.82, 2.24) is 0 Å². The van der Waals surface area contributed by atoms with Crippen LogP contribution in [0.3, 0.4) is 0 Å². The molecule has 0 aliphatic carbocycles. The largest absolute Gasteiger partial charge is 0.772 e. The highest BCUT2D eigenvalue weighted by atomic mass is 32.2. The molecular formula is C14H29O4S2-. The minimum atomic E-state index is -3.18. The van der Waals surface area contributed by atoms with E-state index < -0.39 is 20.9 Å². The molecule has 4 nitrogen and oxygen atoms in total. The Balaban J connectivity index is 3.37. The van der Waals surface area contributed by atoms with E-state index in [0.717, 1.165) is 12.8 Å². The summed E-state index contributed by atoms with van der Waals surface area (Å²) in [4.78, 5) is 0. The fourth-order valence-corrected chi connectivity index (χ4v) is 4.51. The van der Waals surface area contributed by atoms with Gasteiger partial charge in [-0.25, -0.2) is 8.42 Å². The Morgan fingerprint density at radius 2 is 1.25 bits per heavy atom. The van der Waals surface area contributed by atoms with Crippen LogP contribution in [0.25, 0.3) is 0 Å². The Morgan fingerprint density at radius 1 is 0.800 bits per heavy atom. The summed E-state index contributed by atoms with van der Waals surface area (Å²) in [6.07, 6.45) is 11.6. The molecule has 0 saturated heterocycles. The maximum Gasteiger partial charge on any atom is 0.151 e. The molecule has 0 heterocycles. The summed E-state index contributed by atoms with van der Waals surface area (Å²) in [5.41, 5.74) is 0. The Hall–Kier alpha value is 0.0600. The molecule has 0 aromatic heterocycles. The van der Waals surface area contributed by atoms with Crippen LogP contribution < -0.4 is 0 Å². The third-order valence-electron chi connectivity index (χ3n) is 3.37. The molecule has 0 rings (SSSR count). The van der Waals surface area contributed by atoms with Crippen molar-refractivity contribution >= 4 is 20.9 Å². The van der Waals surface area contributed by atoms with Gasteiger partial charge in [0.1, 0.15) is 0 Å². The number of sulfone groups is 1. The molecule has 0 amide bonds. The fraction of sp³-hybridized carbons (Fsp3) is 1.00. The summed E-state index contributed by atoms with van der Waals surface area (Å²) in [6.45, 7) is 2.21. The van der Waals surface area contributed by atoms with E-state index in [1.807, 2.05) is 0 Å². The molecule has 1 atom stereocenters. The van der Waals surface area contributed by atoms with E-state index in [1.54, 1.807) is 0 Å². The zero-order chi connectivity index (χ0) is 15.3. The molecule has 0 radical (unpaired) electrons. The molecule has 0 aromatic rings. The first-order chi connectivity index (χ1) is 9.48. The quantitative estimate of drug-likeness (QED) is 0.363. The molecule has 0 fully saturated rings. The third kappa shape index (κ3) is 14.5. The monoisotopic (exact) mass is 325 g/mol. The second kappa shape index (κ2) is 12.8. The first kappa shape index (κ1) is 20.1. The fourth-order valence-electron chi connectivity index (χ4n) is 2.11. The van der Waals surface area contributed by atoms with Gasteiger partial charge in [0.25, 0.3) is 0 Å². The predicted molar refractivity (Wildman–Crippen MR) is 84.3 cm³/mol. The molecule has 0 bridgehead atoms. The van der Waals surface area contributed by atoms with E-state index in [-0.39, 0.29) is 17.3 Å². The second-order valence-electron chi connectivity index (χ2n) is 5.34. The molecule has 1 unspecified atom stereocenters. The Kier molecular flexibility index (Phi) is 12.8. The van der Waals surface area contributed by atoms with Crippen LogP contribution in [0.1, 0.15) is 71.1 Å². The van der Waals surface area contributed by atoms with Gasteiger partial charge >= 0.3 is 0 Å². The molecular weight excluding hydrogens is 296 g/mol. The smallest absolute Gasteiger partial charge is 0.151 e. The van der Waals surface area contributed by atoms with Gasteiger partial charge in [-0.05, 0) is 6.42 Å². The van der Waals surface area contributed by atoms with E-state index in [1.165, 1.54) is 44.9 Å². The van der Waals surface area contributed by atoms with E-state index in [4.69, 9.17) is 0 Å². The highest BCUT2D eigenvalue weighted by Gasteiger charge is 2.09. The number of rotatable bonds is 14. The minimum Gasteiger partial charge on any atom is -0.772 e. The van der Waals surface area contributed by atoms with Crippen molar-refractivity contribution in [2.45, 2.75) is 71.1 Å². The second-order valence-corrected chi connectivity index (χ2v) is 8.66. The third-order valence-corrected chi connectivity index (χ3v) is 5.90. The van der Waals surface area contributed by atoms with Gasteiger partial charge in [0, 0.05) is 5.75 Å². The average Bonchev–Trinajstić information content (AvgIpc) is 2.39. The summed E-state index contributed by atoms with van der Waals surface area (Å²) in [5, 5.41) is 0. The van der Waals surface area contributed by atoms with Crippen molar-refractivity contribution in [1.29, 1.82) is 0 Å². The highest BCUT2D eigenvalue weighted by molar-refractivity contribution is 7.92. The van der Waals surface area contributed by atoms with Crippen LogP contribution in [0.4, 0.5) is 0 Å². The number of hydrogen-bond acceptors (Lipinski definition) is 4. The van der Waals surface area contributed by atoms with Gasteiger partial charge in [-0.1, -0.05) is 75.8 Å². The Morgan fingerprint density at radius 3 is 1.70 bits per heavy atom. The number of hydrogen-bond donors (Lipinski definition) is 0. The Bertz CT molecular complexity index is 339. The van der Waals surface area contributed by atoms with Crippen molar-refractivity contribution in [2.24, 2.45) is 0 Å². The summed E-state index contributed by atoms with van der Waals surface area (Å²) >= 11 is -2.26. The molecule has 122 valence electrons. The molecule has 6 heteroatoms. The lowest BCUT2D eigenvalue weighted by Gasteiger charge is -2.06. The van der Waals surface area contributed by atoms with Crippen LogP contribution in [-0.4, -0.2) is 34.4 Å². The average molecular weight is 326 g/mol. The maximum atomic E-state index is 11.5. The molecule has 0 N–H and O–H groups in total. The van der Waals surface area contributed by atoms with Crippen molar-refractivity contribution in [3.63, 3.8) is 0 Å². The standard InChI is InChI=1S/C14H30O4S2/c1-2-3-4-5-6-7-8-9-10-11-13-20(17,18)14-12-19(15)16/h2-14H2,1H3,(H,15,16)/p-1. The zero-order valence-corrected chi connectivity index (χ0v) is 14.3. The lowest BCUT2D eigenvalue weighted by Crippen LogP contribution is -2.16. The lowest BCUT2D eigenvalue weighted by atomic mass is 10.1. The summed E-state index contributed by atoms with van der Waals surface area (Å²) in [7, 11) is -3.18. The SMILES string of the molecule is CCCCCCCCCCCCS(=O)(=O)CCS(=O)[O-]. The number of unbranched alkanes of at least 4 members (excludes halogenated alkanes) is 9. The van der Waals surface area contributed by atoms with Crippen molar-refractivity contribution < 1.29 is 17.2 Å². The lowest BCUT2D eigenvalue weighted by molar-refractivity contribution is 0.536. The van der Waals surface area contributed by atoms with Crippen LogP contribution >= 0.6 is 0 Å². The van der Waals surface area contributed by atoms with E-state index in [0.29, 0.717) is 6.42 Å². The predicted octanol–water partition coefficient (Wildman–Crippen LogP) is 3.20. The molecule has 0 aromatic carbocycles. The summed E-state index contributed by atoms with van der Waals surface area (Å²) in [5.74, 6) is -0.388. The van der Waals surface area contributed by atoms with Crippen LogP contribution in [0, 0.1) is 0 Å². The van der Waals surface area contributed by atoms with E-state index >= 15 is 0 Å². The molecule has 20 heavy (non-hydrogen) atoms. The zero-order valence-electron chi connectivity index (χ0n) is 12.6. The molecule has 0 aliphatic heterocycles. The van der Waals surface area contributed by atoms with Crippen molar-refractivity contribution in [3.05, 3.63) is 0 Å². The molecule has 0 saturated carbocycles. The van der Waals surface area contributed by atoms with Crippen LogP contribution in [0.5, 0.6) is 0 Å². The van der Waals surface area contributed by atoms with Gasteiger partial charge < -0.3 is 4.55 Å². The van der Waals surface area contributed by atoms with E-state index in [9.17, 15) is 17.2 Å². The van der Waals surface area contributed by atoms with Crippen molar-refractivity contribution in [3.8, 4) is 0 Å². The first-order valence-corrected chi connectivity index (χ1v) is 10.8. The van der Waals surface area contributed by atoms with Gasteiger partial charge in [0.05, 0.1) is 11.5 Å². The summed E-state index contributed by atoms with van der Waals surface area (Å²) < 4.78 is 43.6. The van der Waals surface area contributed by atoms with Crippen LogP contribution in [-0.2, 0) is 20.9 Å². The van der Waals surface area contributed by atoms with Gasteiger partial charge in [0.15, 0.2) is 9.84 Å². The van der Waals surface area contributed by atoms with Crippen LogP contribution in [0.15, 0.2) is 0 Å². The van der Waals surface area contributed by atoms with E-state index in [2.05, 4.69) is 6.92 Å². The molecule has 0 spiro atoms.